The molecular formula is C22H26N2O2. The van der Waals surface area contributed by atoms with E-state index in [1.807, 2.05) is 32.3 Å². The molecular weight excluding hydrogens is 324 g/mol. The summed E-state index contributed by atoms with van der Waals surface area (Å²) in [6, 6.07) is 8.15. The predicted molar refractivity (Wildman–Crippen MR) is 103 cm³/mol. The number of aliphatic imine (C=N–C) groups is 1. The van der Waals surface area contributed by atoms with E-state index in [9.17, 15) is 4.79 Å². The van der Waals surface area contributed by atoms with Crippen molar-refractivity contribution in [3.63, 3.8) is 0 Å². The summed E-state index contributed by atoms with van der Waals surface area (Å²) in [5.41, 5.74) is 2.61. The Hall–Kier alpha value is -2.10. The lowest BCUT2D eigenvalue weighted by Crippen LogP contribution is -2.50. The molecule has 0 spiro atoms. The van der Waals surface area contributed by atoms with Crippen LogP contribution in [-0.2, 0) is 9.53 Å². The van der Waals surface area contributed by atoms with Gasteiger partial charge in [0.1, 0.15) is 0 Å². The second kappa shape index (κ2) is 5.70. The molecule has 5 aliphatic rings. The predicted octanol–water partition coefficient (Wildman–Crippen LogP) is 4.27. The molecule has 136 valence electrons. The first-order valence-electron chi connectivity index (χ1n) is 9.81. The van der Waals surface area contributed by atoms with Crippen molar-refractivity contribution in [3.05, 3.63) is 35.5 Å². The average Bonchev–Trinajstić information content (AvgIpc) is 2.96. The monoisotopic (exact) mass is 350 g/mol. The molecule has 4 bridgehead atoms. The molecule has 26 heavy (non-hydrogen) atoms. The highest BCUT2D eigenvalue weighted by atomic mass is 16.6. The number of benzene rings is 1. The van der Waals surface area contributed by atoms with Crippen molar-refractivity contribution in [2.24, 2.45) is 28.2 Å². The van der Waals surface area contributed by atoms with Gasteiger partial charge in [-0.05, 0) is 80.1 Å². The Kier molecular flexibility index (Phi) is 3.53. The Labute approximate surface area is 154 Å². The number of hydrogen-bond acceptors (Lipinski definition) is 4. The smallest absolute Gasteiger partial charge is 0.363 e. The molecule has 0 aromatic heterocycles. The number of rotatable bonds is 3. The number of nitrogens with zero attached hydrogens (tertiary/aromatic N) is 2. The van der Waals surface area contributed by atoms with Crippen LogP contribution in [0.2, 0.25) is 0 Å². The Morgan fingerprint density at radius 1 is 1.04 bits per heavy atom. The third-order valence-electron chi connectivity index (χ3n) is 6.83. The maximum absolute atomic E-state index is 12.4. The van der Waals surface area contributed by atoms with Crippen molar-refractivity contribution in [1.29, 1.82) is 0 Å². The number of cyclic esters (lactones) is 1. The van der Waals surface area contributed by atoms with E-state index in [1.54, 1.807) is 0 Å². The maximum atomic E-state index is 12.4. The van der Waals surface area contributed by atoms with E-state index in [-0.39, 0.29) is 11.4 Å². The quantitative estimate of drug-likeness (QED) is 0.604. The fourth-order valence-electron chi connectivity index (χ4n) is 6.04. The van der Waals surface area contributed by atoms with Crippen molar-refractivity contribution < 1.29 is 9.53 Å². The van der Waals surface area contributed by atoms with Gasteiger partial charge in [-0.25, -0.2) is 9.79 Å². The number of esters is 1. The van der Waals surface area contributed by atoms with Crippen LogP contribution in [0.3, 0.4) is 0 Å². The van der Waals surface area contributed by atoms with Crippen molar-refractivity contribution in [3.8, 4) is 0 Å². The van der Waals surface area contributed by atoms with E-state index in [0.717, 1.165) is 54.2 Å². The Morgan fingerprint density at radius 3 is 2.15 bits per heavy atom. The minimum Gasteiger partial charge on any atom is -0.406 e. The topological polar surface area (TPSA) is 41.9 Å². The Balaban J connectivity index is 1.43. The molecule has 6 rings (SSSR count). The van der Waals surface area contributed by atoms with Crippen LogP contribution in [0.15, 0.2) is 35.0 Å². The minimum absolute atomic E-state index is 0.0365. The molecule has 1 aliphatic heterocycles. The zero-order valence-corrected chi connectivity index (χ0v) is 15.6. The van der Waals surface area contributed by atoms with Crippen LogP contribution < -0.4 is 4.90 Å². The molecule has 4 heteroatoms. The van der Waals surface area contributed by atoms with Crippen molar-refractivity contribution in [2.45, 2.75) is 38.5 Å². The van der Waals surface area contributed by atoms with E-state index < -0.39 is 0 Å². The van der Waals surface area contributed by atoms with Gasteiger partial charge in [0.15, 0.2) is 5.70 Å². The molecule has 4 saturated carbocycles. The molecule has 4 fully saturated rings. The Morgan fingerprint density at radius 2 is 1.62 bits per heavy atom. The maximum Gasteiger partial charge on any atom is 0.363 e. The lowest BCUT2D eigenvalue weighted by molar-refractivity contribution is -0.131. The summed E-state index contributed by atoms with van der Waals surface area (Å²) in [5, 5.41) is 0. The molecule has 1 aromatic rings. The van der Waals surface area contributed by atoms with E-state index >= 15 is 0 Å². The van der Waals surface area contributed by atoms with E-state index in [1.165, 1.54) is 19.3 Å². The first kappa shape index (κ1) is 16.1. The largest absolute Gasteiger partial charge is 0.406 e. The lowest BCUT2D eigenvalue weighted by Gasteiger charge is -2.55. The van der Waals surface area contributed by atoms with Crippen LogP contribution >= 0.6 is 0 Å². The van der Waals surface area contributed by atoms with Crippen LogP contribution in [0.4, 0.5) is 5.69 Å². The summed E-state index contributed by atoms with van der Waals surface area (Å²) in [7, 11) is 4.04. The zero-order chi connectivity index (χ0) is 17.9. The summed E-state index contributed by atoms with van der Waals surface area (Å²) in [4.78, 5) is 19.2. The van der Waals surface area contributed by atoms with Gasteiger partial charge >= 0.3 is 5.97 Å². The zero-order valence-electron chi connectivity index (χ0n) is 15.6. The molecule has 0 atom stereocenters. The Bertz CT molecular complexity index is 769. The standard InChI is InChI=1S/C22H26N2O2/c1-24(2)18-5-3-14(4-6-18)10-19-20(25)26-21(23-19)22-11-15-7-16(12-22)9-17(8-15)13-22/h3-6,10,15-17H,7-9,11-13H2,1-2H3/b19-10-. The fraction of sp³-hybridized carbons (Fsp3) is 0.545. The number of carbonyl (C=O) groups is 1. The molecule has 4 aliphatic carbocycles. The molecule has 0 N–H and O–H groups in total. The molecule has 1 heterocycles. The summed E-state index contributed by atoms with van der Waals surface area (Å²) >= 11 is 0. The van der Waals surface area contributed by atoms with Crippen LogP contribution in [0.1, 0.15) is 44.1 Å². The number of hydrogen-bond donors (Lipinski definition) is 0. The van der Waals surface area contributed by atoms with E-state index in [4.69, 9.17) is 9.73 Å². The van der Waals surface area contributed by atoms with E-state index in [0.29, 0.717) is 5.70 Å². The molecule has 0 unspecified atom stereocenters. The molecule has 4 nitrogen and oxygen atoms in total. The van der Waals surface area contributed by atoms with Gasteiger partial charge in [-0.3, -0.25) is 0 Å². The van der Waals surface area contributed by atoms with Gasteiger partial charge in [0.2, 0.25) is 5.90 Å². The summed E-state index contributed by atoms with van der Waals surface area (Å²) in [6.07, 6.45) is 9.47. The number of carbonyl (C=O) groups excluding carboxylic acids is 1. The van der Waals surface area contributed by atoms with Gasteiger partial charge in [-0.2, -0.15) is 0 Å². The minimum atomic E-state index is -0.285. The third kappa shape index (κ3) is 2.58. The third-order valence-corrected chi connectivity index (χ3v) is 6.83. The van der Waals surface area contributed by atoms with Gasteiger partial charge in [-0.15, -0.1) is 0 Å². The molecule has 0 saturated heterocycles. The molecule has 1 aromatic carbocycles. The summed E-state index contributed by atoms with van der Waals surface area (Å²) < 4.78 is 5.73. The number of anilines is 1. The van der Waals surface area contributed by atoms with Crippen LogP contribution in [0.5, 0.6) is 0 Å². The van der Waals surface area contributed by atoms with Crippen molar-refractivity contribution in [2.75, 3.05) is 19.0 Å². The van der Waals surface area contributed by atoms with Crippen molar-refractivity contribution >= 4 is 23.6 Å². The summed E-state index contributed by atoms with van der Waals surface area (Å²) in [5.74, 6) is 2.88. The van der Waals surface area contributed by atoms with Gasteiger partial charge in [0.25, 0.3) is 0 Å². The fourth-order valence-corrected chi connectivity index (χ4v) is 6.04. The van der Waals surface area contributed by atoms with Crippen LogP contribution in [0, 0.1) is 23.2 Å². The normalized spacial score (nSPS) is 36.4. The van der Waals surface area contributed by atoms with Gasteiger partial charge in [-0.1, -0.05) is 12.1 Å². The number of ether oxygens (including phenoxy) is 1. The van der Waals surface area contributed by atoms with Gasteiger partial charge < -0.3 is 9.64 Å². The van der Waals surface area contributed by atoms with Gasteiger partial charge in [0, 0.05) is 25.2 Å². The van der Waals surface area contributed by atoms with Crippen LogP contribution in [0.25, 0.3) is 6.08 Å². The SMILES string of the molecule is CN(C)c1ccc(/C=C2\N=C(C34CC5CC(CC(C5)C3)C4)OC2=O)cc1. The second-order valence-corrected chi connectivity index (χ2v) is 9.02. The van der Waals surface area contributed by atoms with Gasteiger partial charge in [0.05, 0.1) is 0 Å². The molecule has 0 radical (unpaired) electrons. The lowest BCUT2D eigenvalue weighted by atomic mass is 9.49. The highest BCUT2D eigenvalue weighted by Gasteiger charge is 2.55. The van der Waals surface area contributed by atoms with E-state index in [2.05, 4.69) is 17.0 Å². The highest BCUT2D eigenvalue weighted by Crippen LogP contribution is 2.61. The van der Waals surface area contributed by atoms with Crippen molar-refractivity contribution in [1.82, 2.24) is 0 Å². The first-order valence-corrected chi connectivity index (χ1v) is 9.81. The highest BCUT2D eigenvalue weighted by molar-refractivity contribution is 6.09. The molecule has 0 amide bonds. The van der Waals surface area contributed by atoms with Crippen LogP contribution in [-0.4, -0.2) is 26.0 Å². The second-order valence-electron chi connectivity index (χ2n) is 9.02. The average molecular weight is 350 g/mol. The summed E-state index contributed by atoms with van der Waals surface area (Å²) in [6.45, 7) is 0. The first-order chi connectivity index (χ1) is 12.5.